The van der Waals surface area contributed by atoms with E-state index in [1.54, 1.807) is 0 Å². The van der Waals surface area contributed by atoms with Gasteiger partial charge in [-0.1, -0.05) is 31.3 Å². The van der Waals surface area contributed by atoms with Crippen molar-refractivity contribution in [3.8, 4) is 0 Å². The summed E-state index contributed by atoms with van der Waals surface area (Å²) in [6, 6.07) is 9.93. The molecule has 1 aromatic rings. The van der Waals surface area contributed by atoms with Gasteiger partial charge >= 0.3 is 0 Å². The molecule has 0 atom stereocenters. The van der Waals surface area contributed by atoms with E-state index in [2.05, 4.69) is 18.2 Å². The third-order valence-corrected chi connectivity index (χ3v) is 3.28. The van der Waals surface area contributed by atoms with Crippen LogP contribution >= 0.6 is 0 Å². The second kappa shape index (κ2) is 5.46. The number of hydrogen-bond acceptors (Lipinski definition) is 3. The molecule has 0 saturated carbocycles. The topological polar surface area (TPSA) is 32.7 Å². The van der Waals surface area contributed by atoms with E-state index in [4.69, 9.17) is 0 Å². The maximum absolute atomic E-state index is 10.8. The molecule has 0 aliphatic rings. The number of benzene rings is 1. The highest BCUT2D eigenvalue weighted by Crippen LogP contribution is 2.14. The average Bonchev–Trinajstić information content (AvgIpc) is 2.18. The molecule has 0 fully saturated rings. The highest BCUT2D eigenvalue weighted by molar-refractivity contribution is 6.60. The van der Waals surface area contributed by atoms with Gasteiger partial charge in [-0.25, -0.2) is 0 Å². The molecular weight excluding hydrogens is 204 g/mol. The van der Waals surface area contributed by atoms with Crippen molar-refractivity contribution >= 4 is 26.6 Å². The van der Waals surface area contributed by atoms with E-state index in [0.717, 1.165) is 5.69 Å². The van der Waals surface area contributed by atoms with Gasteiger partial charge in [0.2, 0.25) is 0 Å². The van der Waals surface area contributed by atoms with E-state index in [1.807, 2.05) is 35.0 Å². The van der Waals surface area contributed by atoms with Gasteiger partial charge in [0.15, 0.2) is 14.7 Å². The van der Waals surface area contributed by atoms with Crippen LogP contribution in [0.1, 0.15) is 6.92 Å². The maximum atomic E-state index is 10.8. The summed E-state index contributed by atoms with van der Waals surface area (Å²) in [7, 11) is -1.09. The van der Waals surface area contributed by atoms with Crippen LogP contribution in [0.2, 0.25) is 13.1 Å². The Labute approximate surface area is 92.1 Å². The monoisotopic (exact) mass is 220 g/mol. The highest BCUT2D eigenvalue weighted by atomic mass is 28.3. The summed E-state index contributed by atoms with van der Waals surface area (Å²) in [5.74, 6) is -0.0226. The van der Waals surface area contributed by atoms with Crippen LogP contribution in [0.25, 0.3) is 0 Å². The molecule has 0 aromatic heterocycles. The molecule has 3 nitrogen and oxygen atoms in total. The van der Waals surface area contributed by atoms with Crippen molar-refractivity contribution in [2.45, 2.75) is 20.0 Å². The molecule has 0 aliphatic heterocycles. The van der Waals surface area contributed by atoms with Crippen LogP contribution in [-0.4, -0.2) is 21.0 Å². The summed E-state index contributed by atoms with van der Waals surface area (Å²) in [6.45, 7) is 5.85. The van der Waals surface area contributed by atoms with Gasteiger partial charge in [-0.3, -0.25) is 9.47 Å². The lowest BCUT2D eigenvalue weighted by molar-refractivity contribution is -0.110. The number of nitrogens with zero attached hydrogens (tertiary/aromatic N) is 2. The van der Waals surface area contributed by atoms with Crippen molar-refractivity contribution in [1.29, 1.82) is 0 Å². The number of hydrazone groups is 1. The fourth-order valence-corrected chi connectivity index (χ4v) is 2.32. The SMILES string of the molecule is CC(=O)C=NN(c1ccccc1)[SiH](C)C. The lowest BCUT2D eigenvalue weighted by Gasteiger charge is -2.22. The van der Waals surface area contributed by atoms with E-state index >= 15 is 0 Å². The second-order valence-corrected chi connectivity index (χ2v) is 6.31. The van der Waals surface area contributed by atoms with Gasteiger partial charge in [0, 0.05) is 12.6 Å². The third-order valence-electron chi connectivity index (χ3n) is 1.87. The number of ketones is 1. The molecule has 0 unspecified atom stereocenters. The van der Waals surface area contributed by atoms with E-state index < -0.39 is 8.96 Å². The molecule has 0 amide bonds. The molecule has 0 aliphatic carbocycles. The molecule has 0 saturated heterocycles. The fourth-order valence-electron chi connectivity index (χ4n) is 1.22. The van der Waals surface area contributed by atoms with Crippen LogP contribution < -0.4 is 4.67 Å². The smallest absolute Gasteiger partial charge is 0.172 e. The zero-order chi connectivity index (χ0) is 11.3. The molecule has 80 valence electrons. The lowest BCUT2D eigenvalue weighted by Crippen LogP contribution is -2.29. The minimum atomic E-state index is -1.09. The summed E-state index contributed by atoms with van der Waals surface area (Å²) in [6.07, 6.45) is 1.38. The number of Topliss-reactive ketones (excluding diaryl/α,β-unsaturated/α-hetero) is 1. The first-order valence-electron chi connectivity index (χ1n) is 5.00. The number of rotatable bonds is 4. The van der Waals surface area contributed by atoms with Crippen molar-refractivity contribution in [2.75, 3.05) is 4.67 Å². The number of carbonyl (C=O) groups is 1. The average molecular weight is 220 g/mol. The van der Waals surface area contributed by atoms with Gasteiger partial charge in [-0.05, 0) is 12.1 Å². The van der Waals surface area contributed by atoms with Crippen LogP contribution in [0.4, 0.5) is 5.69 Å². The van der Waals surface area contributed by atoms with Gasteiger partial charge in [0.1, 0.15) is 0 Å². The molecule has 0 heterocycles. The van der Waals surface area contributed by atoms with Crippen molar-refractivity contribution in [3.05, 3.63) is 30.3 Å². The highest BCUT2D eigenvalue weighted by Gasteiger charge is 2.09. The number of para-hydroxylation sites is 1. The Kier molecular flexibility index (Phi) is 4.24. The Morgan fingerprint density at radius 2 is 1.93 bits per heavy atom. The standard InChI is InChI=1S/C11H16N2OSi/c1-10(14)9-12-13(15(2)3)11-7-5-4-6-8-11/h4-9,15H,1-3H3. The largest absolute Gasteiger partial charge is 0.299 e. The quantitative estimate of drug-likeness (QED) is 0.442. The van der Waals surface area contributed by atoms with E-state index in [9.17, 15) is 4.79 Å². The normalized spacial score (nSPS) is 10.9. The molecule has 1 aromatic carbocycles. The number of anilines is 1. The molecule has 0 radical (unpaired) electrons. The molecule has 4 heteroatoms. The van der Waals surface area contributed by atoms with Gasteiger partial charge in [0.05, 0.1) is 6.21 Å². The summed E-state index contributed by atoms with van der Waals surface area (Å²) in [5.41, 5.74) is 1.05. The van der Waals surface area contributed by atoms with Crippen LogP contribution in [-0.2, 0) is 4.79 Å². The van der Waals surface area contributed by atoms with Crippen molar-refractivity contribution in [2.24, 2.45) is 5.10 Å². The van der Waals surface area contributed by atoms with Gasteiger partial charge in [0.25, 0.3) is 0 Å². The predicted molar refractivity (Wildman–Crippen MR) is 67.0 cm³/mol. The molecule has 0 bridgehead atoms. The Morgan fingerprint density at radius 3 is 2.40 bits per heavy atom. The Balaban J connectivity index is 2.89. The Bertz CT molecular complexity index is 349. The molecular formula is C11H16N2OSi. The molecule has 1 rings (SSSR count). The van der Waals surface area contributed by atoms with E-state index in [1.165, 1.54) is 13.1 Å². The lowest BCUT2D eigenvalue weighted by atomic mass is 10.3. The van der Waals surface area contributed by atoms with Crippen LogP contribution in [0.5, 0.6) is 0 Å². The van der Waals surface area contributed by atoms with Crippen molar-refractivity contribution in [1.82, 2.24) is 0 Å². The third kappa shape index (κ3) is 3.67. The zero-order valence-electron chi connectivity index (χ0n) is 9.34. The van der Waals surface area contributed by atoms with E-state index in [0.29, 0.717) is 0 Å². The number of carbonyl (C=O) groups excluding carboxylic acids is 1. The first-order chi connectivity index (χ1) is 7.11. The summed E-state index contributed by atoms with van der Waals surface area (Å²) in [5, 5.41) is 4.21. The first kappa shape index (κ1) is 11.7. The predicted octanol–water partition coefficient (Wildman–Crippen LogP) is 2.05. The molecule has 15 heavy (non-hydrogen) atoms. The van der Waals surface area contributed by atoms with Gasteiger partial charge in [-0.2, -0.15) is 5.10 Å². The minimum absolute atomic E-state index is 0.0226. The van der Waals surface area contributed by atoms with E-state index in [-0.39, 0.29) is 5.78 Å². The zero-order valence-corrected chi connectivity index (χ0v) is 10.5. The number of hydrogen-bond donors (Lipinski definition) is 0. The molecule has 0 N–H and O–H groups in total. The minimum Gasteiger partial charge on any atom is -0.299 e. The second-order valence-electron chi connectivity index (χ2n) is 3.63. The van der Waals surface area contributed by atoms with Crippen LogP contribution in [0.3, 0.4) is 0 Å². The van der Waals surface area contributed by atoms with Crippen molar-refractivity contribution < 1.29 is 4.79 Å². The van der Waals surface area contributed by atoms with Crippen molar-refractivity contribution in [3.63, 3.8) is 0 Å². The fraction of sp³-hybridized carbons (Fsp3) is 0.273. The summed E-state index contributed by atoms with van der Waals surface area (Å²) < 4.78 is 1.96. The Morgan fingerprint density at radius 1 is 1.33 bits per heavy atom. The first-order valence-corrected chi connectivity index (χ1v) is 7.82. The van der Waals surface area contributed by atoms with Crippen LogP contribution in [0, 0.1) is 0 Å². The summed E-state index contributed by atoms with van der Waals surface area (Å²) >= 11 is 0. The Hall–Kier alpha value is -1.42. The van der Waals surface area contributed by atoms with Crippen LogP contribution in [0.15, 0.2) is 35.4 Å². The maximum Gasteiger partial charge on any atom is 0.172 e. The summed E-state index contributed by atoms with van der Waals surface area (Å²) in [4.78, 5) is 10.8. The van der Waals surface area contributed by atoms with Gasteiger partial charge < -0.3 is 0 Å². The molecule has 0 spiro atoms. The van der Waals surface area contributed by atoms with Gasteiger partial charge in [-0.15, -0.1) is 0 Å².